The summed E-state index contributed by atoms with van der Waals surface area (Å²) in [5, 5.41) is 1.05. The second kappa shape index (κ2) is 7.67. The van der Waals surface area contributed by atoms with Crippen LogP contribution in [-0.2, 0) is 9.53 Å². The van der Waals surface area contributed by atoms with E-state index < -0.39 is 0 Å². The molecule has 2 heterocycles. The van der Waals surface area contributed by atoms with Gasteiger partial charge >= 0.3 is 5.97 Å². The van der Waals surface area contributed by atoms with Gasteiger partial charge in [-0.1, -0.05) is 30.3 Å². The molecule has 30 heavy (non-hydrogen) atoms. The lowest BCUT2D eigenvalue weighted by molar-refractivity contribution is -0.150. The number of cyclic esters (lactones) is 1. The highest BCUT2D eigenvalue weighted by Gasteiger charge is 2.30. The first-order chi connectivity index (χ1) is 14.6. The van der Waals surface area contributed by atoms with Gasteiger partial charge in [-0.25, -0.2) is 4.39 Å². The summed E-state index contributed by atoms with van der Waals surface area (Å²) in [4.78, 5) is 16.7. The minimum absolute atomic E-state index is 0.135. The van der Waals surface area contributed by atoms with E-state index in [0.29, 0.717) is 12.3 Å². The van der Waals surface area contributed by atoms with Gasteiger partial charge in [-0.05, 0) is 68.0 Å². The van der Waals surface area contributed by atoms with Crippen molar-refractivity contribution in [2.24, 2.45) is 0 Å². The number of rotatable bonds is 4. The zero-order valence-corrected chi connectivity index (χ0v) is 17.0. The summed E-state index contributed by atoms with van der Waals surface area (Å²) < 4.78 is 19.3. The Bertz CT molecular complexity index is 1160. The molecule has 2 aromatic carbocycles. The third kappa shape index (κ3) is 3.62. The Morgan fingerprint density at radius 1 is 1.13 bits per heavy atom. The van der Waals surface area contributed by atoms with Crippen molar-refractivity contribution in [3.8, 4) is 11.1 Å². The number of hydrogen-bond acceptors (Lipinski definition) is 3. The third-order valence-electron chi connectivity index (χ3n) is 6.01. The maximum atomic E-state index is 13.8. The summed E-state index contributed by atoms with van der Waals surface area (Å²) in [5.74, 6) is 0.0791. The molecule has 2 aliphatic rings. The molecule has 1 aromatic heterocycles. The smallest absolute Gasteiger partial charge is 0.306 e. The van der Waals surface area contributed by atoms with Crippen LogP contribution in [0.15, 0.2) is 48.5 Å². The average molecular weight is 401 g/mol. The molecule has 0 bridgehead atoms. The van der Waals surface area contributed by atoms with Crippen molar-refractivity contribution in [2.45, 2.75) is 51.0 Å². The van der Waals surface area contributed by atoms with E-state index in [0.717, 1.165) is 64.5 Å². The Labute approximate surface area is 175 Å². The number of hydrogen-bond donors (Lipinski definition) is 0. The average Bonchev–Trinajstić information content (AvgIpc) is 3.57. The van der Waals surface area contributed by atoms with Gasteiger partial charge in [0.05, 0.1) is 11.2 Å². The number of pyridine rings is 1. The maximum Gasteiger partial charge on any atom is 0.306 e. The molecule has 3 nitrogen and oxygen atoms in total. The second-order valence-corrected chi connectivity index (χ2v) is 8.32. The van der Waals surface area contributed by atoms with E-state index in [-0.39, 0.29) is 17.9 Å². The lowest BCUT2D eigenvalue weighted by atomic mass is 9.90. The van der Waals surface area contributed by atoms with Gasteiger partial charge in [0.1, 0.15) is 11.9 Å². The number of carbonyl (C=O) groups is 1. The van der Waals surface area contributed by atoms with Crippen LogP contribution in [0.4, 0.5) is 4.39 Å². The Balaban J connectivity index is 1.72. The third-order valence-corrected chi connectivity index (χ3v) is 6.01. The highest BCUT2D eigenvalue weighted by molar-refractivity contribution is 6.00. The number of fused-ring (bicyclic) bond motifs is 1. The monoisotopic (exact) mass is 401 g/mol. The van der Waals surface area contributed by atoms with Crippen molar-refractivity contribution in [2.75, 3.05) is 0 Å². The molecule has 0 radical (unpaired) electrons. The largest absolute Gasteiger partial charge is 0.458 e. The molecule has 3 aromatic rings. The molecule has 1 aliphatic heterocycles. The summed E-state index contributed by atoms with van der Waals surface area (Å²) in [5.41, 5.74) is 6.10. The lowest BCUT2D eigenvalue weighted by Gasteiger charge is -2.20. The van der Waals surface area contributed by atoms with E-state index >= 15 is 0 Å². The van der Waals surface area contributed by atoms with Crippen LogP contribution in [0.1, 0.15) is 54.8 Å². The molecule has 0 N–H and O–H groups in total. The molecule has 0 spiro atoms. The zero-order valence-electron chi connectivity index (χ0n) is 17.0. The highest BCUT2D eigenvalue weighted by atomic mass is 19.1. The molecule has 1 saturated heterocycles. The van der Waals surface area contributed by atoms with Gasteiger partial charge < -0.3 is 4.74 Å². The van der Waals surface area contributed by atoms with E-state index in [9.17, 15) is 9.18 Å². The van der Waals surface area contributed by atoms with Gasteiger partial charge in [0, 0.05) is 28.9 Å². The van der Waals surface area contributed by atoms with Gasteiger partial charge in [0.25, 0.3) is 0 Å². The Kier molecular flexibility index (Phi) is 4.86. The molecule has 4 heteroatoms. The minimum Gasteiger partial charge on any atom is -0.458 e. The minimum atomic E-state index is -0.233. The van der Waals surface area contributed by atoms with E-state index in [2.05, 4.69) is 12.1 Å². The molecule has 152 valence electrons. The van der Waals surface area contributed by atoms with Crippen LogP contribution in [0.3, 0.4) is 0 Å². The molecule has 1 atom stereocenters. The normalized spacial score (nSPS) is 19.4. The molecule has 1 unspecified atom stereocenters. The topological polar surface area (TPSA) is 39.2 Å². The summed E-state index contributed by atoms with van der Waals surface area (Å²) in [6.45, 7) is 1.95. The number of aromatic nitrogens is 1. The van der Waals surface area contributed by atoms with Crippen LogP contribution < -0.4 is 0 Å². The van der Waals surface area contributed by atoms with Crippen LogP contribution in [-0.4, -0.2) is 17.1 Å². The number of benzene rings is 2. The van der Waals surface area contributed by atoms with Gasteiger partial charge in [-0.15, -0.1) is 0 Å². The van der Waals surface area contributed by atoms with Crippen molar-refractivity contribution < 1.29 is 13.9 Å². The van der Waals surface area contributed by atoms with Crippen LogP contribution in [0.5, 0.6) is 0 Å². The van der Waals surface area contributed by atoms with Crippen molar-refractivity contribution >= 4 is 22.9 Å². The molecule has 1 aliphatic carbocycles. The standard InChI is InChI=1S/C26H24FNO2/c1-16-15-18(27)11-13-20(16)25-21-6-2-3-7-23(21)28-26(17-9-10-17)22(25)14-12-19-5-4-8-24(29)30-19/h2-3,6-7,11-15,17,19H,4-5,8-10H2,1H3/b14-12+. The summed E-state index contributed by atoms with van der Waals surface area (Å²) in [7, 11) is 0. The SMILES string of the molecule is Cc1cc(F)ccc1-c1c(/C=C/C2CCCC(=O)O2)c(C2CC2)nc2ccccc12. The van der Waals surface area contributed by atoms with Crippen molar-refractivity contribution in [3.05, 3.63) is 71.2 Å². The molecular formula is C26H24FNO2. The van der Waals surface area contributed by atoms with Crippen LogP contribution in [0.25, 0.3) is 28.1 Å². The fourth-order valence-corrected chi connectivity index (χ4v) is 4.35. The van der Waals surface area contributed by atoms with Gasteiger partial charge in [0.15, 0.2) is 0 Å². The fourth-order valence-electron chi connectivity index (χ4n) is 4.35. The molecule has 5 rings (SSSR count). The summed E-state index contributed by atoms with van der Waals surface area (Å²) in [6.07, 6.45) is 8.32. The van der Waals surface area contributed by atoms with Crippen LogP contribution >= 0.6 is 0 Å². The number of esters is 1. The molecule has 1 saturated carbocycles. The summed E-state index contributed by atoms with van der Waals surface area (Å²) >= 11 is 0. The number of aryl methyl sites for hydroxylation is 1. The highest BCUT2D eigenvalue weighted by Crippen LogP contribution is 2.46. The Morgan fingerprint density at radius 2 is 1.97 bits per heavy atom. The zero-order chi connectivity index (χ0) is 20.7. The Hall–Kier alpha value is -3.01. The first-order valence-corrected chi connectivity index (χ1v) is 10.7. The fraction of sp³-hybridized carbons (Fsp3) is 0.308. The van der Waals surface area contributed by atoms with E-state index in [1.165, 1.54) is 6.07 Å². The van der Waals surface area contributed by atoms with E-state index in [1.54, 1.807) is 6.07 Å². The van der Waals surface area contributed by atoms with Gasteiger partial charge in [-0.2, -0.15) is 0 Å². The first kappa shape index (κ1) is 19.0. The van der Waals surface area contributed by atoms with E-state index in [1.807, 2.05) is 37.3 Å². The number of carbonyl (C=O) groups excluding carboxylic acids is 1. The van der Waals surface area contributed by atoms with E-state index in [4.69, 9.17) is 9.72 Å². The van der Waals surface area contributed by atoms with Gasteiger partial charge in [-0.3, -0.25) is 9.78 Å². The van der Waals surface area contributed by atoms with Crippen molar-refractivity contribution in [1.29, 1.82) is 0 Å². The summed E-state index contributed by atoms with van der Waals surface area (Å²) in [6, 6.07) is 13.1. The maximum absolute atomic E-state index is 13.8. The number of para-hydroxylation sites is 1. The number of ether oxygens (including phenoxy) is 1. The van der Waals surface area contributed by atoms with Crippen molar-refractivity contribution in [1.82, 2.24) is 4.98 Å². The molecular weight excluding hydrogens is 377 g/mol. The number of halogens is 1. The van der Waals surface area contributed by atoms with Crippen LogP contribution in [0.2, 0.25) is 0 Å². The molecule has 2 fully saturated rings. The number of nitrogens with zero attached hydrogens (tertiary/aromatic N) is 1. The molecule has 0 amide bonds. The second-order valence-electron chi connectivity index (χ2n) is 8.32. The Morgan fingerprint density at radius 3 is 2.73 bits per heavy atom. The lowest BCUT2D eigenvalue weighted by Crippen LogP contribution is -2.21. The predicted molar refractivity (Wildman–Crippen MR) is 117 cm³/mol. The predicted octanol–water partition coefficient (Wildman–Crippen LogP) is 6.34. The van der Waals surface area contributed by atoms with Gasteiger partial charge in [0.2, 0.25) is 0 Å². The van der Waals surface area contributed by atoms with Crippen LogP contribution in [0, 0.1) is 12.7 Å². The van der Waals surface area contributed by atoms with Crippen molar-refractivity contribution in [3.63, 3.8) is 0 Å². The first-order valence-electron chi connectivity index (χ1n) is 10.7. The quantitative estimate of drug-likeness (QED) is 0.479.